The van der Waals surface area contributed by atoms with E-state index in [0.29, 0.717) is 6.61 Å². The third kappa shape index (κ3) is 3.02. The molecule has 1 aromatic carbocycles. The maximum Gasteiger partial charge on any atom is 0.119 e. The van der Waals surface area contributed by atoms with E-state index < -0.39 is 0 Å². The Hall–Kier alpha value is -1.81. The van der Waals surface area contributed by atoms with Gasteiger partial charge in [-0.05, 0) is 44.0 Å². The van der Waals surface area contributed by atoms with Crippen molar-refractivity contribution in [1.29, 1.82) is 0 Å². The molecule has 1 heterocycles. The van der Waals surface area contributed by atoms with Crippen molar-refractivity contribution >= 4 is 0 Å². The third-order valence-electron chi connectivity index (χ3n) is 3.37. The second kappa shape index (κ2) is 6.57. The fourth-order valence-electron chi connectivity index (χ4n) is 2.30. The van der Waals surface area contributed by atoms with Crippen LogP contribution in [0.5, 0.6) is 5.75 Å². The van der Waals surface area contributed by atoms with E-state index in [1.807, 2.05) is 35.9 Å². The van der Waals surface area contributed by atoms with Gasteiger partial charge in [-0.2, -0.15) is 5.10 Å². The molecule has 0 radical (unpaired) electrons. The van der Waals surface area contributed by atoms with Gasteiger partial charge in [0.05, 0.1) is 24.0 Å². The first-order valence-electron chi connectivity index (χ1n) is 7.24. The van der Waals surface area contributed by atoms with Crippen LogP contribution in [-0.2, 0) is 13.0 Å². The van der Waals surface area contributed by atoms with Crippen LogP contribution in [0.25, 0.3) is 0 Å². The zero-order chi connectivity index (χ0) is 14.5. The van der Waals surface area contributed by atoms with E-state index in [-0.39, 0.29) is 6.04 Å². The Labute approximate surface area is 120 Å². The number of nitrogens with zero attached hydrogens (tertiary/aromatic N) is 2. The summed E-state index contributed by atoms with van der Waals surface area (Å²) in [5.74, 6) is 0.860. The van der Waals surface area contributed by atoms with Crippen LogP contribution in [0.15, 0.2) is 30.3 Å². The molecule has 2 aromatic rings. The first-order chi connectivity index (χ1) is 9.69. The van der Waals surface area contributed by atoms with Crippen LogP contribution in [0.1, 0.15) is 43.8 Å². The van der Waals surface area contributed by atoms with E-state index in [1.54, 1.807) is 0 Å². The molecule has 0 aliphatic rings. The molecule has 20 heavy (non-hydrogen) atoms. The number of hydrogen-bond acceptors (Lipinski definition) is 3. The highest BCUT2D eigenvalue weighted by molar-refractivity contribution is 5.35. The minimum atomic E-state index is -0.178. The van der Waals surface area contributed by atoms with Gasteiger partial charge < -0.3 is 10.5 Å². The molecule has 0 aliphatic heterocycles. The summed E-state index contributed by atoms with van der Waals surface area (Å²) >= 11 is 0. The highest BCUT2D eigenvalue weighted by atomic mass is 16.5. The molecule has 4 nitrogen and oxygen atoms in total. The lowest BCUT2D eigenvalue weighted by Crippen LogP contribution is -2.17. The van der Waals surface area contributed by atoms with E-state index in [9.17, 15) is 0 Å². The topological polar surface area (TPSA) is 53.1 Å². The molecule has 4 heteroatoms. The summed E-state index contributed by atoms with van der Waals surface area (Å²) in [7, 11) is 0. The van der Waals surface area contributed by atoms with Crippen molar-refractivity contribution < 1.29 is 4.74 Å². The molecule has 0 saturated heterocycles. The zero-order valence-electron chi connectivity index (χ0n) is 12.5. The van der Waals surface area contributed by atoms with Crippen LogP contribution in [-0.4, -0.2) is 16.4 Å². The molecule has 0 amide bonds. The van der Waals surface area contributed by atoms with Gasteiger partial charge in [0.25, 0.3) is 0 Å². The Balaban J connectivity index is 2.32. The summed E-state index contributed by atoms with van der Waals surface area (Å²) in [5, 5.41) is 4.56. The minimum Gasteiger partial charge on any atom is -0.494 e. The monoisotopic (exact) mass is 273 g/mol. The lowest BCUT2D eigenvalue weighted by atomic mass is 10.0. The van der Waals surface area contributed by atoms with Gasteiger partial charge in [-0.1, -0.05) is 19.1 Å². The van der Waals surface area contributed by atoms with Crippen LogP contribution in [0.2, 0.25) is 0 Å². The summed E-state index contributed by atoms with van der Waals surface area (Å²) < 4.78 is 7.52. The number of aromatic nitrogens is 2. The average Bonchev–Trinajstić information content (AvgIpc) is 2.90. The number of ether oxygens (including phenoxy) is 1. The highest BCUT2D eigenvalue weighted by Gasteiger charge is 2.16. The van der Waals surface area contributed by atoms with E-state index >= 15 is 0 Å². The van der Waals surface area contributed by atoms with Gasteiger partial charge in [0.2, 0.25) is 0 Å². The molecule has 0 saturated carbocycles. The Kier molecular flexibility index (Phi) is 4.79. The maximum atomic E-state index is 6.41. The molecule has 0 spiro atoms. The first kappa shape index (κ1) is 14.6. The number of rotatable bonds is 6. The van der Waals surface area contributed by atoms with Crippen molar-refractivity contribution in [3.05, 3.63) is 47.3 Å². The molecule has 1 aromatic heterocycles. The van der Waals surface area contributed by atoms with E-state index in [0.717, 1.165) is 35.7 Å². The maximum absolute atomic E-state index is 6.41. The molecule has 0 bridgehead atoms. The molecule has 108 valence electrons. The second-order valence-corrected chi connectivity index (χ2v) is 4.71. The molecule has 2 rings (SSSR count). The van der Waals surface area contributed by atoms with Crippen LogP contribution >= 0.6 is 0 Å². The average molecular weight is 273 g/mol. The van der Waals surface area contributed by atoms with Crippen molar-refractivity contribution in [2.75, 3.05) is 6.61 Å². The van der Waals surface area contributed by atoms with Crippen LogP contribution < -0.4 is 10.5 Å². The predicted octanol–water partition coefficient (Wildman–Crippen LogP) is 2.91. The van der Waals surface area contributed by atoms with E-state index in [1.165, 1.54) is 0 Å². The van der Waals surface area contributed by atoms with Gasteiger partial charge in [0, 0.05) is 6.54 Å². The van der Waals surface area contributed by atoms with E-state index in [2.05, 4.69) is 25.0 Å². The summed E-state index contributed by atoms with van der Waals surface area (Å²) in [4.78, 5) is 0. The third-order valence-corrected chi connectivity index (χ3v) is 3.37. The van der Waals surface area contributed by atoms with E-state index in [4.69, 9.17) is 10.5 Å². The largest absolute Gasteiger partial charge is 0.494 e. The zero-order valence-corrected chi connectivity index (χ0v) is 12.5. The lowest BCUT2D eigenvalue weighted by molar-refractivity contribution is 0.339. The molecular weight excluding hydrogens is 250 g/mol. The normalized spacial score (nSPS) is 12.4. The van der Waals surface area contributed by atoms with Crippen LogP contribution in [0.4, 0.5) is 0 Å². The van der Waals surface area contributed by atoms with Gasteiger partial charge in [-0.3, -0.25) is 4.68 Å². The van der Waals surface area contributed by atoms with Crippen molar-refractivity contribution in [3.63, 3.8) is 0 Å². The molecular formula is C16H23N3O. The van der Waals surface area contributed by atoms with Crippen molar-refractivity contribution in [2.24, 2.45) is 5.73 Å². The quantitative estimate of drug-likeness (QED) is 0.880. The van der Waals surface area contributed by atoms with Gasteiger partial charge in [-0.15, -0.1) is 0 Å². The highest BCUT2D eigenvalue weighted by Crippen LogP contribution is 2.24. The fraction of sp³-hybridized carbons (Fsp3) is 0.438. The van der Waals surface area contributed by atoms with Crippen LogP contribution in [0, 0.1) is 0 Å². The van der Waals surface area contributed by atoms with Gasteiger partial charge in [-0.25, -0.2) is 0 Å². The molecule has 0 aliphatic carbocycles. The number of nitrogens with two attached hydrogens (primary N) is 1. The summed E-state index contributed by atoms with van der Waals surface area (Å²) in [5.41, 5.74) is 9.59. The Morgan fingerprint density at radius 1 is 1.25 bits per heavy atom. The van der Waals surface area contributed by atoms with Gasteiger partial charge >= 0.3 is 0 Å². The molecule has 1 atom stereocenters. The number of aryl methyl sites for hydroxylation is 2. The van der Waals surface area contributed by atoms with Gasteiger partial charge in [0.1, 0.15) is 5.75 Å². The summed E-state index contributed by atoms with van der Waals surface area (Å²) in [6, 6.07) is 9.89. The summed E-state index contributed by atoms with van der Waals surface area (Å²) in [6.45, 7) is 7.65. The standard InChI is InChI=1S/C16H23N3O/c1-4-13-11-15(19(5-2)18-13)16(17)12-8-7-9-14(10-12)20-6-3/h7-11,16H,4-6,17H2,1-3H3. The Bertz CT molecular complexity index is 563. The molecule has 0 fully saturated rings. The summed E-state index contributed by atoms with van der Waals surface area (Å²) in [6.07, 6.45) is 0.922. The fourth-order valence-corrected chi connectivity index (χ4v) is 2.30. The second-order valence-electron chi connectivity index (χ2n) is 4.71. The lowest BCUT2D eigenvalue weighted by Gasteiger charge is -2.14. The predicted molar refractivity (Wildman–Crippen MR) is 80.9 cm³/mol. The molecule has 2 N–H and O–H groups in total. The molecule has 1 unspecified atom stereocenters. The van der Waals surface area contributed by atoms with Crippen LogP contribution in [0.3, 0.4) is 0 Å². The smallest absolute Gasteiger partial charge is 0.119 e. The van der Waals surface area contributed by atoms with Crippen molar-refractivity contribution in [1.82, 2.24) is 9.78 Å². The SMILES string of the molecule is CCOc1cccc(C(N)c2cc(CC)nn2CC)c1. The van der Waals surface area contributed by atoms with Gasteiger partial charge in [0.15, 0.2) is 0 Å². The number of hydrogen-bond donors (Lipinski definition) is 1. The Morgan fingerprint density at radius 3 is 2.70 bits per heavy atom. The van der Waals surface area contributed by atoms with Crippen molar-refractivity contribution in [2.45, 2.75) is 39.8 Å². The first-order valence-corrected chi connectivity index (χ1v) is 7.24. The number of benzene rings is 1. The Morgan fingerprint density at radius 2 is 2.05 bits per heavy atom. The minimum absolute atomic E-state index is 0.178. The van der Waals surface area contributed by atoms with Crippen molar-refractivity contribution in [3.8, 4) is 5.75 Å².